The van der Waals surface area contributed by atoms with E-state index in [0.717, 1.165) is 23.0 Å². The zero-order chi connectivity index (χ0) is 13.2. The van der Waals surface area contributed by atoms with Crippen LogP contribution >= 0.6 is 27.5 Å². The second kappa shape index (κ2) is 5.88. The fourth-order valence-corrected chi connectivity index (χ4v) is 4.85. The van der Waals surface area contributed by atoms with Gasteiger partial charge >= 0.3 is 0 Å². The summed E-state index contributed by atoms with van der Waals surface area (Å²) in [7, 11) is -2.84. The highest BCUT2D eigenvalue weighted by atomic mass is 79.9. The number of rotatable bonds is 4. The van der Waals surface area contributed by atoms with E-state index in [1.165, 1.54) is 0 Å². The van der Waals surface area contributed by atoms with Crippen LogP contribution < -0.4 is 0 Å². The Bertz CT molecular complexity index is 503. The van der Waals surface area contributed by atoms with Crippen molar-refractivity contribution in [1.29, 1.82) is 0 Å². The minimum atomic E-state index is -2.84. The van der Waals surface area contributed by atoms with Gasteiger partial charge in [-0.05, 0) is 52.7 Å². The monoisotopic (exact) mass is 351 g/mol. The van der Waals surface area contributed by atoms with Gasteiger partial charge in [-0.25, -0.2) is 8.42 Å². The fourth-order valence-electron chi connectivity index (χ4n) is 2.34. The Hall–Kier alpha value is -0.130. The Morgan fingerprint density at radius 2 is 2.28 bits per heavy atom. The minimum absolute atomic E-state index is 0.179. The number of alkyl halides is 1. The summed E-state index contributed by atoms with van der Waals surface area (Å²) >= 11 is 9.33. The van der Waals surface area contributed by atoms with Gasteiger partial charge in [-0.15, -0.1) is 11.6 Å². The normalized spacial score (nSPS) is 24.0. The van der Waals surface area contributed by atoms with Gasteiger partial charge in [-0.1, -0.05) is 0 Å². The van der Waals surface area contributed by atoms with Crippen LogP contribution in [0.1, 0.15) is 12.1 Å². The van der Waals surface area contributed by atoms with E-state index in [2.05, 4.69) is 20.9 Å². The molecule has 0 aromatic carbocycles. The van der Waals surface area contributed by atoms with E-state index < -0.39 is 9.84 Å². The average molecular weight is 353 g/mol. The van der Waals surface area contributed by atoms with Crippen LogP contribution in [0.3, 0.4) is 0 Å². The Balaban J connectivity index is 2.04. The van der Waals surface area contributed by atoms with E-state index in [-0.39, 0.29) is 17.6 Å². The first-order valence-electron chi connectivity index (χ1n) is 5.87. The second-order valence-corrected chi connectivity index (χ2v) is 8.20. The van der Waals surface area contributed by atoms with Crippen molar-refractivity contribution < 1.29 is 8.42 Å². The van der Waals surface area contributed by atoms with E-state index in [0.29, 0.717) is 11.6 Å². The molecule has 1 fully saturated rings. The van der Waals surface area contributed by atoms with Gasteiger partial charge in [-0.3, -0.25) is 4.98 Å². The number of sulfone groups is 1. The first kappa shape index (κ1) is 14.3. The van der Waals surface area contributed by atoms with Gasteiger partial charge < -0.3 is 0 Å². The molecule has 100 valence electrons. The Kier molecular flexibility index (Phi) is 4.67. The van der Waals surface area contributed by atoms with Gasteiger partial charge in [0.25, 0.3) is 0 Å². The largest absolute Gasteiger partial charge is 0.260 e. The lowest BCUT2D eigenvalue weighted by atomic mass is 9.89. The molecule has 1 aliphatic heterocycles. The maximum absolute atomic E-state index is 11.5. The van der Waals surface area contributed by atoms with Crippen molar-refractivity contribution in [2.75, 3.05) is 17.4 Å². The molecule has 0 amide bonds. The molecule has 2 unspecified atom stereocenters. The smallest absolute Gasteiger partial charge is 0.150 e. The summed E-state index contributed by atoms with van der Waals surface area (Å²) in [6.07, 6.45) is 3.24. The first-order valence-corrected chi connectivity index (χ1v) is 9.02. The third-order valence-electron chi connectivity index (χ3n) is 3.39. The summed E-state index contributed by atoms with van der Waals surface area (Å²) in [5, 5.41) is 0. The van der Waals surface area contributed by atoms with Crippen molar-refractivity contribution in [2.24, 2.45) is 11.8 Å². The number of pyridine rings is 1. The molecule has 0 saturated carbocycles. The molecule has 1 aliphatic rings. The third-order valence-corrected chi connectivity index (χ3v) is 6.05. The van der Waals surface area contributed by atoms with Crippen molar-refractivity contribution in [3.8, 4) is 0 Å². The topological polar surface area (TPSA) is 47.0 Å². The zero-order valence-electron chi connectivity index (χ0n) is 9.85. The van der Waals surface area contributed by atoms with Gasteiger partial charge in [-0.2, -0.15) is 0 Å². The number of halogens is 2. The van der Waals surface area contributed by atoms with E-state index in [4.69, 9.17) is 11.6 Å². The molecule has 2 rings (SSSR count). The van der Waals surface area contributed by atoms with Crippen LogP contribution in [0, 0.1) is 11.8 Å². The number of hydrogen-bond donors (Lipinski definition) is 0. The van der Waals surface area contributed by atoms with Crippen molar-refractivity contribution >= 4 is 37.4 Å². The van der Waals surface area contributed by atoms with Crippen molar-refractivity contribution in [2.45, 2.75) is 12.8 Å². The van der Waals surface area contributed by atoms with Crippen LogP contribution in [-0.2, 0) is 16.3 Å². The number of nitrogens with zero attached hydrogens (tertiary/aromatic N) is 1. The molecular weight excluding hydrogens is 338 g/mol. The molecule has 0 aliphatic carbocycles. The highest BCUT2D eigenvalue weighted by molar-refractivity contribution is 9.10. The predicted molar refractivity (Wildman–Crippen MR) is 76.6 cm³/mol. The molecule has 0 spiro atoms. The summed E-state index contributed by atoms with van der Waals surface area (Å²) < 4.78 is 23.9. The molecule has 1 aromatic rings. The van der Waals surface area contributed by atoms with Crippen molar-refractivity contribution in [1.82, 2.24) is 4.98 Å². The maximum Gasteiger partial charge on any atom is 0.150 e. The lowest BCUT2D eigenvalue weighted by Gasteiger charge is -2.19. The van der Waals surface area contributed by atoms with E-state index in [9.17, 15) is 8.42 Å². The van der Waals surface area contributed by atoms with Crippen molar-refractivity contribution in [3.05, 3.63) is 28.5 Å². The lowest BCUT2D eigenvalue weighted by molar-refractivity contribution is 0.395. The number of hydrogen-bond acceptors (Lipinski definition) is 3. The Labute approximate surface area is 121 Å². The molecule has 2 atom stereocenters. The SMILES string of the molecule is O=S1(=O)CCC(C(CCl)Cc2ccc(Br)cn2)C1. The molecule has 1 saturated heterocycles. The van der Waals surface area contributed by atoms with E-state index in [1.807, 2.05) is 12.1 Å². The molecular formula is C12H15BrClNO2S. The maximum atomic E-state index is 11.5. The predicted octanol–water partition coefficient (Wildman–Crippen LogP) is 2.68. The molecule has 0 bridgehead atoms. The van der Waals surface area contributed by atoms with Crippen LogP contribution in [0.2, 0.25) is 0 Å². The van der Waals surface area contributed by atoms with Crippen LogP contribution in [0.4, 0.5) is 0 Å². The van der Waals surface area contributed by atoms with Crippen LogP contribution in [0.15, 0.2) is 22.8 Å². The van der Waals surface area contributed by atoms with Crippen LogP contribution in [0.5, 0.6) is 0 Å². The Morgan fingerprint density at radius 3 is 2.78 bits per heavy atom. The van der Waals surface area contributed by atoms with Gasteiger partial charge in [0.1, 0.15) is 0 Å². The molecule has 0 radical (unpaired) electrons. The molecule has 3 nitrogen and oxygen atoms in total. The third kappa shape index (κ3) is 3.68. The highest BCUT2D eigenvalue weighted by Crippen LogP contribution is 2.29. The Morgan fingerprint density at radius 1 is 1.50 bits per heavy atom. The van der Waals surface area contributed by atoms with Gasteiger partial charge in [0.05, 0.1) is 11.5 Å². The van der Waals surface area contributed by atoms with Gasteiger partial charge in [0, 0.05) is 22.2 Å². The lowest BCUT2D eigenvalue weighted by Crippen LogP contribution is -2.20. The van der Waals surface area contributed by atoms with E-state index in [1.54, 1.807) is 6.20 Å². The number of aromatic nitrogens is 1. The van der Waals surface area contributed by atoms with Crippen LogP contribution in [-0.4, -0.2) is 30.8 Å². The molecule has 0 N–H and O–H groups in total. The molecule has 1 aromatic heterocycles. The minimum Gasteiger partial charge on any atom is -0.260 e. The second-order valence-electron chi connectivity index (χ2n) is 4.75. The van der Waals surface area contributed by atoms with Gasteiger partial charge in [0.15, 0.2) is 9.84 Å². The summed E-state index contributed by atoms with van der Waals surface area (Å²) in [6, 6.07) is 3.89. The first-order chi connectivity index (χ1) is 8.50. The summed E-state index contributed by atoms with van der Waals surface area (Å²) in [5.74, 6) is 1.44. The van der Waals surface area contributed by atoms with Gasteiger partial charge in [0.2, 0.25) is 0 Å². The zero-order valence-corrected chi connectivity index (χ0v) is 13.0. The summed E-state index contributed by atoms with van der Waals surface area (Å²) in [5.41, 5.74) is 0.966. The quantitative estimate of drug-likeness (QED) is 0.783. The van der Waals surface area contributed by atoms with E-state index >= 15 is 0 Å². The molecule has 6 heteroatoms. The molecule has 2 heterocycles. The average Bonchev–Trinajstić information content (AvgIpc) is 2.69. The fraction of sp³-hybridized carbons (Fsp3) is 0.583. The highest BCUT2D eigenvalue weighted by Gasteiger charge is 2.33. The van der Waals surface area contributed by atoms with Crippen LogP contribution in [0.25, 0.3) is 0 Å². The van der Waals surface area contributed by atoms with Crippen molar-refractivity contribution in [3.63, 3.8) is 0 Å². The summed E-state index contributed by atoms with van der Waals surface area (Å²) in [4.78, 5) is 4.32. The standard InChI is InChI=1S/C12H15BrClNO2S/c13-11-1-2-12(15-7-11)5-10(6-14)9-3-4-18(16,17)8-9/h1-2,7,9-10H,3-6,8H2. The molecule has 18 heavy (non-hydrogen) atoms. The summed E-state index contributed by atoms with van der Waals surface area (Å²) in [6.45, 7) is 0.